The number of aromatic nitrogens is 1. The molecule has 0 aliphatic carbocycles. The molecule has 0 bridgehead atoms. The fraction of sp³-hybridized carbons (Fsp3) is 0.474. The van der Waals surface area contributed by atoms with Crippen LogP contribution < -0.4 is 15.4 Å². The number of ether oxygens (including phenoxy) is 1. The molecule has 0 aliphatic rings. The van der Waals surface area contributed by atoms with Crippen LogP contribution in [-0.4, -0.2) is 24.6 Å². The van der Waals surface area contributed by atoms with E-state index in [4.69, 9.17) is 4.74 Å². The molecule has 0 saturated heterocycles. The van der Waals surface area contributed by atoms with Gasteiger partial charge in [-0.3, -0.25) is 4.99 Å². The van der Waals surface area contributed by atoms with Gasteiger partial charge < -0.3 is 15.4 Å². The lowest BCUT2D eigenvalue weighted by Gasteiger charge is -2.12. The van der Waals surface area contributed by atoms with E-state index in [9.17, 15) is 0 Å². The standard InChI is InChI=1S/C19H28N4OS.HI/c1-5-9-24-16-8-6-7-15(10-16)11-21-19(20-4)22-12-18-23-17(13-25-18)14(2)3;/h6-8,10,13-14H,5,9,11-12H2,1-4H3,(H2,20,21,22);1H. The molecule has 0 atom stereocenters. The summed E-state index contributed by atoms with van der Waals surface area (Å²) in [5.74, 6) is 2.14. The Morgan fingerprint density at radius 3 is 2.69 bits per heavy atom. The van der Waals surface area contributed by atoms with Crippen LogP contribution in [0.3, 0.4) is 0 Å². The van der Waals surface area contributed by atoms with E-state index < -0.39 is 0 Å². The highest BCUT2D eigenvalue weighted by molar-refractivity contribution is 14.0. The number of hydrogen-bond donors (Lipinski definition) is 2. The minimum atomic E-state index is 0. The van der Waals surface area contributed by atoms with Crippen LogP contribution in [0.1, 0.15) is 49.4 Å². The second-order valence-corrected chi connectivity index (χ2v) is 7.04. The number of aliphatic imine (C=N–C) groups is 1. The predicted octanol–water partition coefficient (Wildman–Crippen LogP) is 4.54. The topological polar surface area (TPSA) is 58.5 Å². The van der Waals surface area contributed by atoms with Crippen LogP contribution in [-0.2, 0) is 13.1 Å². The first-order chi connectivity index (χ1) is 12.1. The molecule has 2 N–H and O–H groups in total. The second-order valence-electron chi connectivity index (χ2n) is 6.10. The van der Waals surface area contributed by atoms with Gasteiger partial charge in [0.25, 0.3) is 0 Å². The molecule has 0 saturated carbocycles. The average Bonchev–Trinajstić information content (AvgIpc) is 3.10. The van der Waals surface area contributed by atoms with Crippen LogP contribution in [0.4, 0.5) is 0 Å². The molecule has 0 spiro atoms. The quantitative estimate of drug-likeness (QED) is 0.326. The predicted molar refractivity (Wildman–Crippen MR) is 121 cm³/mol. The van der Waals surface area contributed by atoms with Crippen LogP contribution in [0.25, 0.3) is 0 Å². The van der Waals surface area contributed by atoms with E-state index in [2.05, 4.69) is 58.9 Å². The van der Waals surface area contributed by atoms with Gasteiger partial charge in [-0.25, -0.2) is 4.98 Å². The fourth-order valence-electron chi connectivity index (χ4n) is 2.20. The molecular formula is C19H29IN4OS. The maximum atomic E-state index is 5.68. The summed E-state index contributed by atoms with van der Waals surface area (Å²) in [7, 11) is 1.78. The van der Waals surface area contributed by atoms with E-state index in [0.29, 0.717) is 19.0 Å². The molecule has 1 heterocycles. The third-order valence-electron chi connectivity index (χ3n) is 3.62. The molecule has 0 amide bonds. The summed E-state index contributed by atoms with van der Waals surface area (Å²) in [6.07, 6.45) is 1.01. The van der Waals surface area contributed by atoms with Crippen LogP contribution in [0.5, 0.6) is 5.75 Å². The van der Waals surface area contributed by atoms with Gasteiger partial charge in [0.2, 0.25) is 0 Å². The molecule has 1 aromatic carbocycles. The number of benzene rings is 1. The van der Waals surface area contributed by atoms with Gasteiger partial charge >= 0.3 is 0 Å². The normalized spacial score (nSPS) is 11.2. The molecular weight excluding hydrogens is 459 g/mol. The number of rotatable bonds is 8. The van der Waals surface area contributed by atoms with Gasteiger partial charge in [-0.15, -0.1) is 35.3 Å². The summed E-state index contributed by atoms with van der Waals surface area (Å²) in [5.41, 5.74) is 2.31. The molecule has 2 rings (SSSR count). The van der Waals surface area contributed by atoms with Crippen LogP contribution >= 0.6 is 35.3 Å². The van der Waals surface area contributed by atoms with Gasteiger partial charge in [-0.2, -0.15) is 0 Å². The molecule has 0 unspecified atom stereocenters. The average molecular weight is 488 g/mol. The molecule has 1 aromatic heterocycles. The van der Waals surface area contributed by atoms with Crippen molar-refractivity contribution in [2.24, 2.45) is 4.99 Å². The van der Waals surface area contributed by atoms with Crippen LogP contribution in [0.15, 0.2) is 34.6 Å². The van der Waals surface area contributed by atoms with Crippen molar-refractivity contribution in [1.82, 2.24) is 15.6 Å². The maximum Gasteiger partial charge on any atom is 0.191 e. The Morgan fingerprint density at radius 1 is 1.27 bits per heavy atom. The molecule has 2 aromatic rings. The van der Waals surface area contributed by atoms with Crippen molar-refractivity contribution in [2.75, 3.05) is 13.7 Å². The van der Waals surface area contributed by atoms with Crippen molar-refractivity contribution in [2.45, 2.75) is 46.2 Å². The highest BCUT2D eigenvalue weighted by atomic mass is 127. The Kier molecular flexibility index (Phi) is 10.6. The number of thiazole rings is 1. The monoisotopic (exact) mass is 488 g/mol. The summed E-state index contributed by atoms with van der Waals surface area (Å²) < 4.78 is 5.68. The molecule has 0 fully saturated rings. The summed E-state index contributed by atoms with van der Waals surface area (Å²) in [6, 6.07) is 8.14. The summed E-state index contributed by atoms with van der Waals surface area (Å²) in [6.45, 7) is 8.53. The molecule has 0 radical (unpaired) electrons. The van der Waals surface area contributed by atoms with Gasteiger partial charge in [0.1, 0.15) is 10.8 Å². The van der Waals surface area contributed by atoms with Crippen molar-refractivity contribution < 1.29 is 4.74 Å². The molecule has 0 aliphatic heterocycles. The summed E-state index contributed by atoms with van der Waals surface area (Å²) >= 11 is 1.68. The molecule has 144 valence electrons. The zero-order valence-corrected chi connectivity index (χ0v) is 19.1. The van der Waals surface area contributed by atoms with Crippen molar-refractivity contribution in [3.05, 3.63) is 45.9 Å². The fourth-order valence-corrected chi connectivity index (χ4v) is 3.10. The lowest BCUT2D eigenvalue weighted by molar-refractivity contribution is 0.317. The van der Waals surface area contributed by atoms with Gasteiger partial charge in [-0.1, -0.05) is 32.9 Å². The summed E-state index contributed by atoms with van der Waals surface area (Å²) in [4.78, 5) is 8.90. The second kappa shape index (κ2) is 12.1. The third-order valence-corrected chi connectivity index (χ3v) is 4.49. The number of hydrogen-bond acceptors (Lipinski definition) is 4. The van der Waals surface area contributed by atoms with E-state index in [1.807, 2.05) is 12.1 Å². The van der Waals surface area contributed by atoms with E-state index in [1.165, 1.54) is 0 Å². The third kappa shape index (κ3) is 7.49. The van der Waals surface area contributed by atoms with Gasteiger partial charge in [0, 0.05) is 19.0 Å². The first-order valence-corrected chi connectivity index (χ1v) is 9.61. The molecule has 7 heteroatoms. The highest BCUT2D eigenvalue weighted by Gasteiger charge is 2.06. The van der Waals surface area contributed by atoms with Gasteiger partial charge in [0.15, 0.2) is 5.96 Å². The zero-order chi connectivity index (χ0) is 18.1. The highest BCUT2D eigenvalue weighted by Crippen LogP contribution is 2.17. The zero-order valence-electron chi connectivity index (χ0n) is 15.9. The Hall–Kier alpha value is -1.35. The summed E-state index contributed by atoms with van der Waals surface area (Å²) in [5, 5.41) is 9.84. The van der Waals surface area contributed by atoms with E-state index in [1.54, 1.807) is 18.4 Å². The minimum absolute atomic E-state index is 0. The van der Waals surface area contributed by atoms with Crippen LogP contribution in [0.2, 0.25) is 0 Å². The minimum Gasteiger partial charge on any atom is -0.494 e. The van der Waals surface area contributed by atoms with Crippen molar-refractivity contribution in [3.8, 4) is 5.75 Å². The number of guanidine groups is 1. The first-order valence-electron chi connectivity index (χ1n) is 8.73. The SMILES string of the molecule is CCCOc1cccc(CNC(=NC)NCc2nc(C(C)C)cs2)c1.I. The lowest BCUT2D eigenvalue weighted by Crippen LogP contribution is -2.36. The van der Waals surface area contributed by atoms with E-state index in [0.717, 1.165) is 41.0 Å². The number of nitrogens with zero attached hydrogens (tertiary/aromatic N) is 2. The van der Waals surface area contributed by atoms with E-state index >= 15 is 0 Å². The largest absolute Gasteiger partial charge is 0.494 e. The first kappa shape index (κ1) is 22.7. The van der Waals surface area contributed by atoms with Crippen molar-refractivity contribution >= 4 is 41.3 Å². The maximum absolute atomic E-state index is 5.68. The Morgan fingerprint density at radius 2 is 2.04 bits per heavy atom. The molecule has 26 heavy (non-hydrogen) atoms. The van der Waals surface area contributed by atoms with Crippen molar-refractivity contribution in [1.29, 1.82) is 0 Å². The smallest absolute Gasteiger partial charge is 0.191 e. The van der Waals surface area contributed by atoms with E-state index in [-0.39, 0.29) is 24.0 Å². The van der Waals surface area contributed by atoms with Crippen LogP contribution in [0, 0.1) is 0 Å². The van der Waals surface area contributed by atoms with Crippen molar-refractivity contribution in [3.63, 3.8) is 0 Å². The van der Waals surface area contributed by atoms with Gasteiger partial charge in [0.05, 0.1) is 18.8 Å². The lowest BCUT2D eigenvalue weighted by atomic mass is 10.2. The Balaban J connectivity index is 0.00000338. The Bertz CT molecular complexity index is 688. The number of halogens is 1. The molecule has 5 nitrogen and oxygen atoms in total. The number of nitrogens with one attached hydrogen (secondary N) is 2. The van der Waals surface area contributed by atoms with Gasteiger partial charge in [-0.05, 0) is 30.0 Å². The Labute approximate surface area is 177 Å².